The van der Waals surface area contributed by atoms with E-state index in [0.717, 1.165) is 21.3 Å². The lowest BCUT2D eigenvalue weighted by molar-refractivity contribution is -0.384. The van der Waals surface area contributed by atoms with Crippen LogP contribution in [0.1, 0.15) is 16.7 Å². The number of alkyl halides is 3. The largest absolute Gasteiger partial charge is 0.488 e. The van der Waals surface area contributed by atoms with Crippen molar-refractivity contribution in [2.75, 3.05) is 5.43 Å². The Kier molecular flexibility index (Phi) is 7.28. The number of anilines is 1. The third-order valence-electron chi connectivity index (χ3n) is 4.18. The zero-order chi connectivity index (χ0) is 23.3. The number of nitro groups is 1. The molecule has 1 N–H and O–H groups in total. The van der Waals surface area contributed by atoms with Gasteiger partial charge in [-0.15, -0.1) is 0 Å². The van der Waals surface area contributed by atoms with Gasteiger partial charge in [-0.2, -0.15) is 18.3 Å². The predicted octanol–water partition coefficient (Wildman–Crippen LogP) is 6.38. The van der Waals surface area contributed by atoms with Crippen LogP contribution in [0.25, 0.3) is 0 Å². The summed E-state index contributed by atoms with van der Waals surface area (Å²) in [5.41, 5.74) is 1.80. The predicted molar refractivity (Wildman–Crippen MR) is 119 cm³/mol. The van der Waals surface area contributed by atoms with Crippen LogP contribution in [0.15, 0.2) is 65.8 Å². The Bertz CT molecular complexity index is 1150. The van der Waals surface area contributed by atoms with Crippen LogP contribution in [0.5, 0.6) is 5.75 Å². The molecule has 32 heavy (non-hydrogen) atoms. The molecule has 0 unspecified atom stereocenters. The number of nitro benzene ring substituents is 1. The van der Waals surface area contributed by atoms with Gasteiger partial charge in [0.25, 0.3) is 5.69 Å². The Morgan fingerprint density at radius 2 is 1.81 bits per heavy atom. The first kappa shape index (κ1) is 23.4. The van der Waals surface area contributed by atoms with E-state index in [2.05, 4.69) is 33.1 Å². The molecule has 166 valence electrons. The topological polar surface area (TPSA) is 76.8 Å². The number of rotatable bonds is 7. The second kappa shape index (κ2) is 9.94. The van der Waals surface area contributed by atoms with Crippen LogP contribution in [0.4, 0.5) is 28.9 Å². The quantitative estimate of drug-likeness (QED) is 0.120. The van der Waals surface area contributed by atoms with E-state index >= 15 is 0 Å². The Morgan fingerprint density at radius 3 is 2.44 bits per heavy atom. The van der Waals surface area contributed by atoms with E-state index < -0.39 is 22.4 Å². The van der Waals surface area contributed by atoms with Crippen molar-refractivity contribution in [3.8, 4) is 5.75 Å². The fourth-order valence-corrected chi connectivity index (χ4v) is 3.28. The first-order valence-corrected chi connectivity index (χ1v) is 10.0. The van der Waals surface area contributed by atoms with E-state index in [-0.39, 0.29) is 18.1 Å². The summed E-state index contributed by atoms with van der Waals surface area (Å²) in [7, 11) is 0. The van der Waals surface area contributed by atoms with Crippen molar-refractivity contribution < 1.29 is 27.2 Å². The monoisotopic (exact) mass is 559 g/mol. The van der Waals surface area contributed by atoms with Crippen LogP contribution < -0.4 is 10.2 Å². The van der Waals surface area contributed by atoms with Crippen molar-refractivity contribution in [3.63, 3.8) is 0 Å². The van der Waals surface area contributed by atoms with Crippen molar-refractivity contribution in [2.45, 2.75) is 12.8 Å². The highest BCUT2D eigenvalue weighted by Gasteiger charge is 2.33. The van der Waals surface area contributed by atoms with Gasteiger partial charge in [0, 0.05) is 6.07 Å². The molecule has 3 aromatic rings. The molecule has 0 atom stereocenters. The number of halogens is 5. The fourth-order valence-electron chi connectivity index (χ4n) is 2.59. The first-order chi connectivity index (χ1) is 15.1. The minimum atomic E-state index is -4.69. The second-order valence-corrected chi connectivity index (χ2v) is 7.62. The second-order valence-electron chi connectivity index (χ2n) is 6.46. The normalized spacial score (nSPS) is 11.5. The van der Waals surface area contributed by atoms with Crippen LogP contribution in [-0.2, 0) is 12.8 Å². The van der Waals surface area contributed by atoms with E-state index in [1.807, 2.05) is 0 Å². The number of benzene rings is 3. The zero-order valence-electron chi connectivity index (χ0n) is 16.1. The molecule has 6 nitrogen and oxygen atoms in total. The molecule has 0 bridgehead atoms. The van der Waals surface area contributed by atoms with Gasteiger partial charge in [-0.3, -0.25) is 15.5 Å². The first-order valence-electron chi connectivity index (χ1n) is 8.95. The molecule has 0 aliphatic carbocycles. The standard InChI is InChI=1S/C21H14F4IN3O3/c22-16-5-1-13(2-6-16)12-32-20-8-3-14(9-17(20)26)11-27-28-18-7-4-15(21(23,24)25)10-19(18)29(30)31/h1-11,28H,12H2/b27-11-. The van der Waals surface area contributed by atoms with Gasteiger partial charge in [0.05, 0.1) is 20.3 Å². The Balaban J connectivity index is 1.67. The van der Waals surface area contributed by atoms with Gasteiger partial charge in [0.15, 0.2) is 0 Å². The van der Waals surface area contributed by atoms with Crippen molar-refractivity contribution in [2.24, 2.45) is 5.10 Å². The van der Waals surface area contributed by atoms with Gasteiger partial charge in [0.1, 0.15) is 23.9 Å². The molecule has 0 heterocycles. The van der Waals surface area contributed by atoms with Gasteiger partial charge >= 0.3 is 6.18 Å². The molecule has 0 saturated heterocycles. The van der Waals surface area contributed by atoms with Gasteiger partial charge < -0.3 is 4.74 Å². The summed E-state index contributed by atoms with van der Waals surface area (Å²) in [6.45, 7) is 0.253. The third kappa shape index (κ3) is 6.15. The van der Waals surface area contributed by atoms with E-state index in [1.54, 1.807) is 30.3 Å². The molecule has 0 aromatic heterocycles. The molecular weight excluding hydrogens is 545 g/mol. The van der Waals surface area contributed by atoms with Gasteiger partial charge in [-0.25, -0.2) is 4.39 Å². The Labute approximate surface area is 193 Å². The maximum absolute atomic E-state index is 13.0. The summed E-state index contributed by atoms with van der Waals surface area (Å²) in [5.74, 6) is 0.264. The molecule has 3 aromatic carbocycles. The molecule has 0 amide bonds. The lowest BCUT2D eigenvalue weighted by atomic mass is 10.1. The van der Waals surface area contributed by atoms with Crippen LogP contribution in [0, 0.1) is 19.5 Å². The number of hydrogen-bond acceptors (Lipinski definition) is 5. The lowest BCUT2D eigenvalue weighted by Crippen LogP contribution is -2.06. The zero-order valence-corrected chi connectivity index (χ0v) is 18.2. The summed E-state index contributed by atoms with van der Waals surface area (Å²) >= 11 is 2.06. The average Bonchev–Trinajstić information content (AvgIpc) is 2.73. The highest BCUT2D eigenvalue weighted by molar-refractivity contribution is 14.1. The fraction of sp³-hybridized carbons (Fsp3) is 0.0952. The summed E-state index contributed by atoms with van der Waals surface area (Å²) in [4.78, 5) is 10.2. The molecule has 3 rings (SSSR count). The molecule has 11 heteroatoms. The smallest absolute Gasteiger partial charge is 0.416 e. The summed E-state index contributed by atoms with van der Waals surface area (Å²) in [5, 5.41) is 15.0. The summed E-state index contributed by atoms with van der Waals surface area (Å²) < 4.78 is 57.8. The van der Waals surface area contributed by atoms with Gasteiger partial charge in [-0.05, 0) is 76.2 Å². The molecule has 0 spiro atoms. The minimum absolute atomic E-state index is 0.173. The number of ether oxygens (including phenoxy) is 1. The highest BCUT2D eigenvalue weighted by Crippen LogP contribution is 2.35. The Morgan fingerprint density at radius 1 is 1.09 bits per heavy atom. The molecule has 0 fully saturated rings. The number of hydrogen-bond donors (Lipinski definition) is 1. The molecule has 0 saturated carbocycles. The van der Waals surface area contributed by atoms with Gasteiger partial charge in [0.2, 0.25) is 0 Å². The summed E-state index contributed by atoms with van der Waals surface area (Å²) in [6, 6.07) is 13.2. The SMILES string of the molecule is O=[N+]([O-])c1cc(C(F)(F)F)ccc1N/N=C\c1ccc(OCc2ccc(F)cc2)c(I)c1. The number of nitrogens with zero attached hydrogens (tertiary/aromatic N) is 2. The van der Waals surface area contributed by atoms with E-state index in [1.165, 1.54) is 18.3 Å². The van der Waals surface area contributed by atoms with Crippen molar-refractivity contribution in [1.29, 1.82) is 0 Å². The lowest BCUT2D eigenvalue weighted by Gasteiger charge is -2.09. The highest BCUT2D eigenvalue weighted by atomic mass is 127. The average molecular weight is 559 g/mol. The maximum Gasteiger partial charge on any atom is 0.416 e. The van der Waals surface area contributed by atoms with Crippen molar-refractivity contribution in [1.82, 2.24) is 0 Å². The van der Waals surface area contributed by atoms with E-state index in [0.29, 0.717) is 17.4 Å². The molecular formula is C21H14F4IN3O3. The Hall–Kier alpha value is -3.22. The molecule has 0 radical (unpaired) electrons. The van der Waals surface area contributed by atoms with Crippen molar-refractivity contribution >= 4 is 40.2 Å². The number of hydrazone groups is 1. The van der Waals surface area contributed by atoms with E-state index in [9.17, 15) is 27.7 Å². The maximum atomic E-state index is 13.0. The van der Waals surface area contributed by atoms with Gasteiger partial charge in [-0.1, -0.05) is 12.1 Å². The van der Waals surface area contributed by atoms with Crippen LogP contribution in [-0.4, -0.2) is 11.1 Å². The molecule has 0 aliphatic rings. The van der Waals surface area contributed by atoms with Crippen LogP contribution in [0.3, 0.4) is 0 Å². The number of nitrogens with one attached hydrogen (secondary N) is 1. The van der Waals surface area contributed by atoms with Crippen LogP contribution in [0.2, 0.25) is 0 Å². The summed E-state index contributed by atoms with van der Waals surface area (Å²) in [6.07, 6.45) is -3.32. The van der Waals surface area contributed by atoms with Crippen LogP contribution >= 0.6 is 22.6 Å². The minimum Gasteiger partial charge on any atom is -0.488 e. The third-order valence-corrected chi connectivity index (χ3v) is 5.03. The van der Waals surface area contributed by atoms with Crippen molar-refractivity contribution in [3.05, 3.63) is 96.9 Å². The molecule has 0 aliphatic heterocycles. The van der Waals surface area contributed by atoms with E-state index in [4.69, 9.17) is 4.74 Å².